The Morgan fingerprint density at radius 3 is 2.59 bits per heavy atom. The van der Waals surface area contributed by atoms with Gasteiger partial charge in [-0.25, -0.2) is 9.78 Å². The first-order valence-electron chi connectivity index (χ1n) is 9.60. The van der Waals surface area contributed by atoms with Crippen molar-refractivity contribution in [2.24, 2.45) is 0 Å². The van der Waals surface area contributed by atoms with Crippen molar-refractivity contribution in [3.05, 3.63) is 59.4 Å². The Morgan fingerprint density at radius 1 is 1.07 bits per heavy atom. The summed E-state index contributed by atoms with van der Waals surface area (Å²) < 4.78 is 0. The summed E-state index contributed by atoms with van der Waals surface area (Å²) in [7, 11) is 0. The molecule has 29 heavy (non-hydrogen) atoms. The van der Waals surface area contributed by atoms with Gasteiger partial charge in [0.1, 0.15) is 5.82 Å². The minimum atomic E-state index is -0.0663. The van der Waals surface area contributed by atoms with Crippen molar-refractivity contribution in [3.63, 3.8) is 0 Å². The first kappa shape index (κ1) is 17.9. The minimum Gasteiger partial charge on any atom is -0.336 e. The summed E-state index contributed by atoms with van der Waals surface area (Å²) in [4.78, 5) is 27.4. The molecule has 2 N–H and O–H groups in total. The minimum absolute atomic E-state index is 0.0663. The number of hydrogen-bond acceptors (Lipinski definition) is 5. The molecule has 8 heteroatoms. The molecular weight excluding hydrogens is 388 g/mol. The number of halogens is 1. The van der Waals surface area contributed by atoms with Crippen molar-refractivity contribution < 1.29 is 4.79 Å². The maximum absolute atomic E-state index is 11.8. The molecule has 2 heterocycles. The maximum atomic E-state index is 11.8. The molecule has 5 rings (SSSR count). The van der Waals surface area contributed by atoms with E-state index in [0.29, 0.717) is 35.8 Å². The quantitative estimate of drug-likeness (QED) is 0.658. The van der Waals surface area contributed by atoms with Crippen LogP contribution in [0.5, 0.6) is 0 Å². The van der Waals surface area contributed by atoms with Gasteiger partial charge in [-0.15, -0.1) is 0 Å². The van der Waals surface area contributed by atoms with E-state index >= 15 is 0 Å². The van der Waals surface area contributed by atoms with Gasteiger partial charge in [0.05, 0.1) is 0 Å². The molecule has 2 fully saturated rings. The van der Waals surface area contributed by atoms with Crippen LogP contribution in [0.4, 0.5) is 22.1 Å². The number of anilines is 3. The van der Waals surface area contributed by atoms with Crippen molar-refractivity contribution in [1.82, 2.24) is 20.3 Å². The maximum Gasteiger partial charge on any atom is 0.321 e. The number of urea groups is 1. The van der Waals surface area contributed by atoms with Crippen LogP contribution in [0.2, 0.25) is 5.02 Å². The highest BCUT2D eigenvalue weighted by atomic mass is 35.5. The highest BCUT2D eigenvalue weighted by Gasteiger charge is 2.28. The van der Waals surface area contributed by atoms with Crippen LogP contribution < -0.4 is 15.5 Å². The standard InChI is InChI=1S/C21H19ClN6O/c22-15-3-1-2-14(12-15)19-25-18(13-4-5-13)26-20(27-19)24-16-6-8-17(9-7-16)28-11-10-23-21(28)29/h1-3,6-9,12-13H,4-5,10-11H2,(H,23,29)(H,24,25,26,27). The summed E-state index contributed by atoms with van der Waals surface area (Å²) >= 11 is 6.14. The fourth-order valence-electron chi connectivity index (χ4n) is 3.30. The van der Waals surface area contributed by atoms with Gasteiger partial charge >= 0.3 is 6.03 Å². The number of carbonyl (C=O) groups is 1. The lowest BCUT2D eigenvalue weighted by atomic mass is 10.2. The number of carbonyl (C=O) groups excluding carboxylic acids is 1. The summed E-state index contributed by atoms with van der Waals surface area (Å²) in [6.07, 6.45) is 2.20. The molecule has 1 aromatic heterocycles. The zero-order chi connectivity index (χ0) is 19.8. The number of hydrogen-bond donors (Lipinski definition) is 2. The molecule has 0 atom stereocenters. The Labute approximate surface area is 173 Å². The van der Waals surface area contributed by atoms with Crippen molar-refractivity contribution in [1.29, 1.82) is 0 Å². The van der Waals surface area contributed by atoms with E-state index in [1.165, 1.54) is 0 Å². The van der Waals surface area contributed by atoms with E-state index in [1.807, 2.05) is 48.5 Å². The van der Waals surface area contributed by atoms with E-state index in [-0.39, 0.29) is 6.03 Å². The van der Waals surface area contributed by atoms with Gasteiger partial charge < -0.3 is 10.6 Å². The molecule has 3 aromatic rings. The van der Waals surface area contributed by atoms with E-state index in [0.717, 1.165) is 35.6 Å². The number of benzene rings is 2. The van der Waals surface area contributed by atoms with Crippen LogP contribution >= 0.6 is 11.6 Å². The Hall–Kier alpha value is -3.19. The highest BCUT2D eigenvalue weighted by Crippen LogP contribution is 2.39. The fourth-order valence-corrected chi connectivity index (χ4v) is 3.49. The summed E-state index contributed by atoms with van der Waals surface area (Å²) in [5.41, 5.74) is 2.57. The number of nitrogens with zero attached hydrogens (tertiary/aromatic N) is 4. The van der Waals surface area contributed by atoms with E-state index in [1.54, 1.807) is 4.90 Å². The molecule has 146 valence electrons. The van der Waals surface area contributed by atoms with Gasteiger partial charge in [0.2, 0.25) is 5.95 Å². The molecule has 1 aliphatic carbocycles. The van der Waals surface area contributed by atoms with Crippen LogP contribution in [-0.4, -0.2) is 34.1 Å². The predicted octanol–water partition coefficient (Wildman–Crippen LogP) is 4.34. The molecule has 0 radical (unpaired) electrons. The lowest BCUT2D eigenvalue weighted by Crippen LogP contribution is -2.27. The first-order valence-corrected chi connectivity index (χ1v) is 9.98. The smallest absolute Gasteiger partial charge is 0.321 e. The topological polar surface area (TPSA) is 83.0 Å². The van der Waals surface area contributed by atoms with Crippen molar-refractivity contribution in [2.75, 3.05) is 23.3 Å². The summed E-state index contributed by atoms with van der Waals surface area (Å²) in [6.45, 7) is 1.34. The molecule has 0 spiro atoms. The van der Waals surface area contributed by atoms with Crippen LogP contribution in [-0.2, 0) is 0 Å². The fraction of sp³-hybridized carbons (Fsp3) is 0.238. The predicted molar refractivity (Wildman–Crippen MR) is 113 cm³/mol. The van der Waals surface area contributed by atoms with E-state index < -0.39 is 0 Å². The van der Waals surface area contributed by atoms with Gasteiger partial charge in [-0.05, 0) is 49.2 Å². The monoisotopic (exact) mass is 406 g/mol. The number of nitrogens with one attached hydrogen (secondary N) is 2. The van der Waals surface area contributed by atoms with Crippen LogP contribution in [0.3, 0.4) is 0 Å². The zero-order valence-electron chi connectivity index (χ0n) is 15.6. The third-order valence-corrected chi connectivity index (χ3v) is 5.21. The van der Waals surface area contributed by atoms with Crippen molar-refractivity contribution in [3.8, 4) is 11.4 Å². The van der Waals surface area contributed by atoms with Gasteiger partial charge in [-0.1, -0.05) is 23.7 Å². The van der Waals surface area contributed by atoms with Crippen LogP contribution in [0.15, 0.2) is 48.5 Å². The highest BCUT2D eigenvalue weighted by molar-refractivity contribution is 6.30. The van der Waals surface area contributed by atoms with Gasteiger partial charge in [-0.3, -0.25) is 4.90 Å². The van der Waals surface area contributed by atoms with Gasteiger partial charge in [-0.2, -0.15) is 9.97 Å². The summed E-state index contributed by atoms with van der Waals surface area (Å²) in [5, 5.41) is 6.72. The average molecular weight is 407 g/mol. The second-order valence-electron chi connectivity index (χ2n) is 7.18. The van der Waals surface area contributed by atoms with E-state index in [2.05, 4.69) is 25.6 Å². The largest absolute Gasteiger partial charge is 0.336 e. The van der Waals surface area contributed by atoms with Crippen molar-refractivity contribution >= 4 is 35.0 Å². The van der Waals surface area contributed by atoms with Crippen LogP contribution in [0.25, 0.3) is 11.4 Å². The van der Waals surface area contributed by atoms with E-state index in [4.69, 9.17) is 11.6 Å². The molecule has 2 aliphatic rings. The second-order valence-corrected chi connectivity index (χ2v) is 7.62. The Kier molecular flexibility index (Phi) is 4.52. The molecule has 2 aromatic carbocycles. The first-order chi connectivity index (χ1) is 14.2. The lowest BCUT2D eigenvalue weighted by molar-refractivity contribution is 0.252. The number of aromatic nitrogens is 3. The van der Waals surface area contributed by atoms with Crippen LogP contribution in [0.1, 0.15) is 24.6 Å². The van der Waals surface area contributed by atoms with E-state index in [9.17, 15) is 4.79 Å². The summed E-state index contributed by atoms with van der Waals surface area (Å²) in [6, 6.07) is 15.1. The third-order valence-electron chi connectivity index (χ3n) is 4.97. The molecule has 1 saturated heterocycles. The summed E-state index contributed by atoms with van der Waals surface area (Å²) in [5.74, 6) is 2.32. The Balaban J connectivity index is 1.42. The second kappa shape index (κ2) is 7.33. The molecule has 2 amide bonds. The lowest BCUT2D eigenvalue weighted by Gasteiger charge is -2.15. The van der Waals surface area contributed by atoms with Crippen LogP contribution in [0, 0.1) is 0 Å². The van der Waals surface area contributed by atoms with Crippen molar-refractivity contribution in [2.45, 2.75) is 18.8 Å². The average Bonchev–Trinajstić information content (AvgIpc) is 3.50. The number of rotatable bonds is 5. The third kappa shape index (κ3) is 3.86. The normalized spacial score (nSPS) is 16.0. The molecule has 0 unspecified atom stereocenters. The van der Waals surface area contributed by atoms with Gasteiger partial charge in [0.15, 0.2) is 5.82 Å². The van der Waals surface area contributed by atoms with Gasteiger partial charge in [0, 0.05) is 41.0 Å². The SMILES string of the molecule is O=C1NCCN1c1ccc(Nc2nc(-c3cccc(Cl)c3)nc(C3CC3)n2)cc1. The van der Waals surface area contributed by atoms with Gasteiger partial charge in [0.25, 0.3) is 0 Å². The molecule has 1 saturated carbocycles. The number of amides is 2. The molecule has 1 aliphatic heterocycles. The Morgan fingerprint density at radius 2 is 1.90 bits per heavy atom. The molecule has 7 nitrogen and oxygen atoms in total. The molecule has 0 bridgehead atoms. The zero-order valence-corrected chi connectivity index (χ0v) is 16.4. The Bertz CT molecular complexity index is 1070. The molecular formula is C21H19ClN6O.